The first-order valence-corrected chi connectivity index (χ1v) is 5.61. The maximum absolute atomic E-state index is 13.1. The van der Waals surface area contributed by atoms with Crippen LogP contribution in [0.25, 0.3) is 0 Å². The Labute approximate surface area is 105 Å². The summed E-state index contributed by atoms with van der Waals surface area (Å²) in [5.74, 6) is -0.195. The molecule has 0 aromatic heterocycles. The van der Waals surface area contributed by atoms with E-state index in [0.29, 0.717) is 31.5 Å². The van der Waals surface area contributed by atoms with E-state index in [0.717, 1.165) is 6.07 Å². The molecular formula is C13H16FNO3. The summed E-state index contributed by atoms with van der Waals surface area (Å²) < 4.78 is 18.3. The van der Waals surface area contributed by atoms with Crippen molar-refractivity contribution in [2.45, 2.75) is 12.8 Å². The molecule has 0 radical (unpaired) electrons. The second-order valence-corrected chi connectivity index (χ2v) is 4.08. The molecule has 1 rings (SSSR count). The number of rotatable bonds is 6. The Bertz CT molecular complexity index is 432. The van der Waals surface area contributed by atoms with Gasteiger partial charge >= 0.3 is 0 Å². The molecule has 1 amide bonds. The van der Waals surface area contributed by atoms with Crippen LogP contribution in [0.2, 0.25) is 0 Å². The highest BCUT2D eigenvalue weighted by molar-refractivity contribution is 5.76. The van der Waals surface area contributed by atoms with E-state index in [1.165, 1.54) is 17.0 Å². The average Bonchev–Trinajstić information content (AvgIpc) is 2.33. The second-order valence-electron chi connectivity index (χ2n) is 4.08. The number of benzene rings is 1. The molecule has 0 aliphatic carbocycles. The summed E-state index contributed by atoms with van der Waals surface area (Å²) in [6.45, 7) is 0.307. The number of carbonyl (C=O) groups excluding carboxylic acids is 2. The summed E-state index contributed by atoms with van der Waals surface area (Å²) in [4.78, 5) is 23.3. The van der Waals surface area contributed by atoms with E-state index in [1.54, 1.807) is 14.1 Å². The molecule has 1 aromatic rings. The summed E-state index contributed by atoms with van der Waals surface area (Å²) >= 11 is 0. The van der Waals surface area contributed by atoms with Gasteiger partial charge in [0.25, 0.3) is 0 Å². The van der Waals surface area contributed by atoms with E-state index in [4.69, 9.17) is 4.74 Å². The maximum atomic E-state index is 13.1. The monoisotopic (exact) mass is 253 g/mol. The van der Waals surface area contributed by atoms with Crippen molar-refractivity contribution in [3.63, 3.8) is 0 Å². The summed E-state index contributed by atoms with van der Waals surface area (Å²) in [5.41, 5.74) is 0.231. The van der Waals surface area contributed by atoms with Crippen LogP contribution in [-0.2, 0) is 4.79 Å². The highest BCUT2D eigenvalue weighted by Crippen LogP contribution is 2.15. The van der Waals surface area contributed by atoms with Crippen molar-refractivity contribution in [2.75, 3.05) is 20.7 Å². The predicted octanol–water partition coefficient (Wildman–Crippen LogP) is 1.89. The van der Waals surface area contributed by atoms with Gasteiger partial charge in [0.15, 0.2) is 0 Å². The molecule has 0 fully saturated rings. The molecule has 1 aromatic carbocycles. The van der Waals surface area contributed by atoms with Gasteiger partial charge in [0.2, 0.25) is 5.91 Å². The molecule has 0 bridgehead atoms. The fourth-order valence-corrected chi connectivity index (χ4v) is 1.37. The van der Waals surface area contributed by atoms with Crippen molar-refractivity contribution in [1.29, 1.82) is 0 Å². The third-order valence-electron chi connectivity index (χ3n) is 2.33. The Balaban J connectivity index is 2.42. The molecule has 0 unspecified atom stereocenters. The van der Waals surface area contributed by atoms with Crippen molar-refractivity contribution in [1.82, 2.24) is 4.90 Å². The average molecular weight is 253 g/mol. The van der Waals surface area contributed by atoms with Gasteiger partial charge in [-0.25, -0.2) is 4.39 Å². The predicted molar refractivity (Wildman–Crippen MR) is 65.2 cm³/mol. The normalized spacial score (nSPS) is 9.94. The third kappa shape index (κ3) is 4.53. The lowest BCUT2D eigenvalue weighted by Gasteiger charge is -2.10. The van der Waals surface area contributed by atoms with Crippen LogP contribution in [-0.4, -0.2) is 37.8 Å². The smallest absolute Gasteiger partial charge is 0.222 e. The fraction of sp³-hybridized carbons (Fsp3) is 0.385. The molecule has 4 nitrogen and oxygen atoms in total. The standard InChI is InChI=1S/C13H16FNO3/c1-15(2)13(17)4-3-5-18-12-7-10(9-16)6-11(14)8-12/h6-9H,3-5H2,1-2H3. The van der Waals surface area contributed by atoms with Crippen molar-refractivity contribution < 1.29 is 18.7 Å². The number of carbonyl (C=O) groups is 2. The minimum Gasteiger partial charge on any atom is -0.493 e. The topological polar surface area (TPSA) is 46.6 Å². The zero-order valence-electron chi connectivity index (χ0n) is 10.5. The van der Waals surface area contributed by atoms with Crippen LogP contribution in [0.5, 0.6) is 5.75 Å². The first-order valence-electron chi connectivity index (χ1n) is 5.61. The molecule has 0 N–H and O–H groups in total. The molecule has 5 heteroatoms. The quantitative estimate of drug-likeness (QED) is 0.574. The maximum Gasteiger partial charge on any atom is 0.222 e. The number of hydrogen-bond acceptors (Lipinski definition) is 3. The number of nitrogens with zero attached hydrogens (tertiary/aromatic N) is 1. The van der Waals surface area contributed by atoms with E-state index >= 15 is 0 Å². The minimum atomic E-state index is -0.515. The minimum absolute atomic E-state index is 0.0198. The molecule has 0 aliphatic rings. The van der Waals surface area contributed by atoms with Gasteiger partial charge in [0.1, 0.15) is 17.9 Å². The van der Waals surface area contributed by atoms with E-state index < -0.39 is 5.82 Å². The second kappa shape index (κ2) is 6.74. The molecule has 0 heterocycles. The van der Waals surface area contributed by atoms with Crippen LogP contribution < -0.4 is 4.74 Å². The molecule has 0 spiro atoms. The van der Waals surface area contributed by atoms with Gasteiger partial charge in [0.05, 0.1) is 6.61 Å². The van der Waals surface area contributed by atoms with Crippen LogP contribution in [0.1, 0.15) is 23.2 Å². The molecule has 98 valence electrons. The van der Waals surface area contributed by atoms with E-state index in [9.17, 15) is 14.0 Å². The lowest BCUT2D eigenvalue weighted by molar-refractivity contribution is -0.128. The molecule has 0 saturated carbocycles. The Morgan fingerprint density at radius 1 is 1.39 bits per heavy atom. The van der Waals surface area contributed by atoms with Gasteiger partial charge in [-0.3, -0.25) is 9.59 Å². The Hall–Kier alpha value is -1.91. The van der Waals surface area contributed by atoms with Crippen LogP contribution in [0, 0.1) is 5.82 Å². The molecule has 0 atom stereocenters. The van der Waals surface area contributed by atoms with Gasteiger partial charge in [-0.15, -0.1) is 0 Å². The van der Waals surface area contributed by atoms with Crippen LogP contribution in [0.3, 0.4) is 0 Å². The summed E-state index contributed by atoms with van der Waals surface area (Å²) in [6.07, 6.45) is 1.48. The number of halogens is 1. The zero-order valence-corrected chi connectivity index (χ0v) is 10.5. The van der Waals surface area contributed by atoms with Gasteiger partial charge in [-0.2, -0.15) is 0 Å². The first-order chi connectivity index (χ1) is 8.52. The highest BCUT2D eigenvalue weighted by atomic mass is 19.1. The van der Waals surface area contributed by atoms with E-state index in [1.807, 2.05) is 0 Å². The highest BCUT2D eigenvalue weighted by Gasteiger charge is 2.04. The molecular weight excluding hydrogens is 237 g/mol. The number of amides is 1. The molecule has 0 saturated heterocycles. The largest absolute Gasteiger partial charge is 0.493 e. The van der Waals surface area contributed by atoms with Crippen molar-refractivity contribution in [3.05, 3.63) is 29.6 Å². The Kier molecular flexibility index (Phi) is 5.30. The third-order valence-corrected chi connectivity index (χ3v) is 2.33. The van der Waals surface area contributed by atoms with Crippen molar-refractivity contribution in [2.24, 2.45) is 0 Å². The van der Waals surface area contributed by atoms with Gasteiger partial charge < -0.3 is 9.64 Å². The molecule has 0 aliphatic heterocycles. The van der Waals surface area contributed by atoms with Gasteiger partial charge in [-0.05, 0) is 18.6 Å². The number of ether oxygens (including phenoxy) is 1. The molecule has 18 heavy (non-hydrogen) atoms. The number of aldehydes is 1. The SMILES string of the molecule is CN(C)C(=O)CCCOc1cc(F)cc(C=O)c1. The van der Waals surface area contributed by atoms with E-state index in [-0.39, 0.29) is 11.5 Å². The summed E-state index contributed by atoms with van der Waals surface area (Å²) in [7, 11) is 3.37. The van der Waals surface area contributed by atoms with Gasteiger partial charge in [0, 0.05) is 32.1 Å². The van der Waals surface area contributed by atoms with Gasteiger partial charge in [-0.1, -0.05) is 0 Å². The van der Waals surface area contributed by atoms with Crippen LogP contribution in [0.15, 0.2) is 18.2 Å². The lowest BCUT2D eigenvalue weighted by atomic mass is 10.2. The summed E-state index contributed by atoms with van der Waals surface area (Å²) in [6, 6.07) is 3.81. The van der Waals surface area contributed by atoms with Crippen molar-refractivity contribution in [3.8, 4) is 5.75 Å². The van der Waals surface area contributed by atoms with Crippen LogP contribution >= 0.6 is 0 Å². The Morgan fingerprint density at radius 2 is 2.11 bits per heavy atom. The first kappa shape index (κ1) is 14.2. The van der Waals surface area contributed by atoms with Crippen LogP contribution in [0.4, 0.5) is 4.39 Å². The Morgan fingerprint density at radius 3 is 2.72 bits per heavy atom. The van der Waals surface area contributed by atoms with E-state index in [2.05, 4.69) is 0 Å². The summed E-state index contributed by atoms with van der Waals surface area (Å²) in [5, 5.41) is 0. The lowest BCUT2D eigenvalue weighted by Crippen LogP contribution is -2.21. The van der Waals surface area contributed by atoms with Crippen molar-refractivity contribution >= 4 is 12.2 Å². The number of hydrogen-bond donors (Lipinski definition) is 0. The zero-order chi connectivity index (χ0) is 13.5. The fourth-order valence-electron chi connectivity index (χ4n) is 1.37.